The summed E-state index contributed by atoms with van der Waals surface area (Å²) in [6, 6.07) is 8.35. The monoisotopic (exact) mass is 406 g/mol. The van der Waals surface area contributed by atoms with E-state index < -0.39 is 12.0 Å². The van der Waals surface area contributed by atoms with E-state index in [2.05, 4.69) is 29.4 Å². The van der Waals surface area contributed by atoms with Gasteiger partial charge >= 0.3 is 12.0 Å². The van der Waals surface area contributed by atoms with Crippen LogP contribution in [0.5, 0.6) is 5.75 Å². The molecule has 0 unspecified atom stereocenters. The summed E-state index contributed by atoms with van der Waals surface area (Å²) < 4.78 is 11.6. The molecule has 2 amide bonds. The molecule has 0 fully saturated rings. The number of carbonyl (C=O) groups excluding carboxylic acids is 2. The number of hydrazone groups is 1. The van der Waals surface area contributed by atoms with Crippen molar-refractivity contribution in [2.45, 2.75) is 33.6 Å². The SMILES string of the molecule is Cc1c(C(=O)Oc2cccc3cccnc23)oc2c1/C(=N\NC(N)=O)CC(C)(C)C2. The molecular weight excluding hydrogens is 384 g/mol. The van der Waals surface area contributed by atoms with Crippen LogP contribution in [0.15, 0.2) is 46.0 Å². The molecule has 0 atom stereocenters. The summed E-state index contributed by atoms with van der Waals surface area (Å²) in [5.74, 6) is 0.491. The molecule has 30 heavy (non-hydrogen) atoms. The summed E-state index contributed by atoms with van der Waals surface area (Å²) in [5, 5.41) is 5.02. The maximum absolute atomic E-state index is 13.0. The molecule has 1 aliphatic rings. The second-order valence-corrected chi connectivity index (χ2v) is 8.13. The van der Waals surface area contributed by atoms with Crippen molar-refractivity contribution < 1.29 is 18.7 Å². The maximum Gasteiger partial charge on any atom is 0.380 e. The number of para-hydroxylation sites is 1. The third kappa shape index (κ3) is 3.63. The zero-order valence-corrected chi connectivity index (χ0v) is 17.0. The number of nitrogens with zero attached hydrogens (tertiary/aromatic N) is 2. The number of ether oxygens (including phenoxy) is 1. The van der Waals surface area contributed by atoms with E-state index in [0.717, 1.165) is 5.39 Å². The van der Waals surface area contributed by atoms with Crippen molar-refractivity contribution in [2.75, 3.05) is 0 Å². The van der Waals surface area contributed by atoms with Crippen LogP contribution in [-0.4, -0.2) is 22.7 Å². The molecule has 0 radical (unpaired) electrons. The van der Waals surface area contributed by atoms with Gasteiger partial charge in [0.25, 0.3) is 0 Å². The Labute approximate surface area is 173 Å². The second kappa shape index (κ2) is 7.29. The van der Waals surface area contributed by atoms with Crippen molar-refractivity contribution in [3.8, 4) is 5.75 Å². The number of nitrogens with one attached hydrogen (secondary N) is 1. The van der Waals surface area contributed by atoms with Gasteiger partial charge in [0, 0.05) is 29.1 Å². The first-order valence-electron chi connectivity index (χ1n) is 9.56. The number of urea groups is 1. The molecule has 8 heteroatoms. The normalized spacial score (nSPS) is 16.3. The van der Waals surface area contributed by atoms with Gasteiger partial charge in [-0.2, -0.15) is 5.10 Å². The number of nitrogens with two attached hydrogens (primary N) is 1. The van der Waals surface area contributed by atoms with Crippen LogP contribution in [-0.2, 0) is 6.42 Å². The molecule has 8 nitrogen and oxygen atoms in total. The fourth-order valence-electron chi connectivity index (χ4n) is 3.83. The highest BCUT2D eigenvalue weighted by molar-refractivity contribution is 6.06. The van der Waals surface area contributed by atoms with E-state index in [0.29, 0.717) is 46.7 Å². The Morgan fingerprint density at radius 1 is 1.23 bits per heavy atom. The number of esters is 1. The molecule has 0 saturated carbocycles. The number of pyridine rings is 1. The Morgan fingerprint density at radius 3 is 2.77 bits per heavy atom. The Morgan fingerprint density at radius 2 is 2.00 bits per heavy atom. The molecule has 4 rings (SSSR count). The number of aromatic nitrogens is 1. The van der Waals surface area contributed by atoms with Crippen molar-refractivity contribution in [3.05, 3.63) is 59.2 Å². The van der Waals surface area contributed by atoms with Crippen LogP contribution < -0.4 is 15.9 Å². The summed E-state index contributed by atoms with van der Waals surface area (Å²) in [6.07, 6.45) is 2.87. The van der Waals surface area contributed by atoms with Crippen LogP contribution in [0, 0.1) is 12.3 Å². The highest BCUT2D eigenvalue weighted by Gasteiger charge is 2.36. The van der Waals surface area contributed by atoms with Gasteiger partial charge in [0.1, 0.15) is 11.3 Å². The molecule has 2 heterocycles. The van der Waals surface area contributed by atoms with Gasteiger partial charge in [0.15, 0.2) is 5.75 Å². The van der Waals surface area contributed by atoms with E-state index in [1.165, 1.54) is 0 Å². The average Bonchev–Trinajstić information content (AvgIpc) is 3.01. The minimum absolute atomic E-state index is 0.109. The molecule has 154 valence electrons. The third-order valence-electron chi connectivity index (χ3n) is 5.08. The zero-order chi connectivity index (χ0) is 21.5. The highest BCUT2D eigenvalue weighted by Crippen LogP contribution is 2.39. The topological polar surface area (TPSA) is 120 Å². The number of amides is 2. The lowest BCUT2D eigenvalue weighted by atomic mass is 9.75. The smallest absolute Gasteiger partial charge is 0.380 e. The molecule has 0 bridgehead atoms. The lowest BCUT2D eigenvalue weighted by Crippen LogP contribution is -2.31. The minimum Gasteiger partial charge on any atom is -0.453 e. The molecule has 0 aliphatic heterocycles. The number of benzene rings is 1. The largest absolute Gasteiger partial charge is 0.453 e. The van der Waals surface area contributed by atoms with Crippen LogP contribution in [0.4, 0.5) is 4.79 Å². The molecule has 3 aromatic rings. The van der Waals surface area contributed by atoms with E-state index in [-0.39, 0.29) is 11.2 Å². The van der Waals surface area contributed by atoms with E-state index in [9.17, 15) is 9.59 Å². The molecule has 3 N–H and O–H groups in total. The fraction of sp³-hybridized carbons (Fsp3) is 0.273. The van der Waals surface area contributed by atoms with Gasteiger partial charge in [-0.05, 0) is 30.9 Å². The predicted octanol–water partition coefficient (Wildman–Crippen LogP) is 3.70. The highest BCUT2D eigenvalue weighted by atomic mass is 16.5. The van der Waals surface area contributed by atoms with Crippen LogP contribution in [0.3, 0.4) is 0 Å². The van der Waals surface area contributed by atoms with Crippen molar-refractivity contribution in [1.29, 1.82) is 0 Å². The van der Waals surface area contributed by atoms with Gasteiger partial charge in [-0.15, -0.1) is 0 Å². The Hall–Kier alpha value is -3.68. The number of primary amides is 1. The lowest BCUT2D eigenvalue weighted by molar-refractivity contribution is 0.0699. The van der Waals surface area contributed by atoms with Crippen molar-refractivity contribution in [2.24, 2.45) is 16.3 Å². The van der Waals surface area contributed by atoms with Gasteiger partial charge in [-0.3, -0.25) is 4.98 Å². The van der Waals surface area contributed by atoms with Crippen molar-refractivity contribution in [3.63, 3.8) is 0 Å². The minimum atomic E-state index is -0.753. The molecular formula is C22H22N4O4. The molecule has 0 saturated heterocycles. The molecule has 0 spiro atoms. The van der Waals surface area contributed by atoms with E-state index in [1.807, 2.05) is 18.2 Å². The average molecular weight is 406 g/mol. The predicted molar refractivity (Wildman–Crippen MR) is 112 cm³/mol. The maximum atomic E-state index is 13.0. The first kappa shape index (κ1) is 19.6. The van der Waals surface area contributed by atoms with E-state index in [4.69, 9.17) is 14.9 Å². The number of furan rings is 1. The van der Waals surface area contributed by atoms with E-state index in [1.54, 1.807) is 25.3 Å². The van der Waals surface area contributed by atoms with Crippen LogP contribution in [0.1, 0.15) is 47.7 Å². The summed E-state index contributed by atoms with van der Waals surface area (Å²) in [6.45, 7) is 5.90. The molecule has 2 aromatic heterocycles. The Bertz CT molecular complexity index is 1190. The second-order valence-electron chi connectivity index (χ2n) is 8.13. The lowest BCUT2D eigenvalue weighted by Gasteiger charge is -2.29. The van der Waals surface area contributed by atoms with Gasteiger partial charge in [0.05, 0.1) is 5.71 Å². The van der Waals surface area contributed by atoms with Gasteiger partial charge < -0.3 is 14.9 Å². The number of rotatable bonds is 3. The molecule has 1 aromatic carbocycles. The summed E-state index contributed by atoms with van der Waals surface area (Å²) >= 11 is 0. The summed E-state index contributed by atoms with van der Waals surface area (Å²) in [7, 11) is 0. The van der Waals surface area contributed by atoms with Gasteiger partial charge in [0.2, 0.25) is 5.76 Å². The number of fused-ring (bicyclic) bond motifs is 2. The standard InChI is InChI=1S/C22H22N4O4/c1-12-17-14(25-26-21(23)28)10-22(2,3)11-16(17)29-19(12)20(27)30-15-8-4-6-13-7-5-9-24-18(13)15/h4-9H,10-11H2,1-3H3,(H3,23,26,28)/b25-14-. The number of hydrogen-bond acceptors (Lipinski definition) is 6. The van der Waals surface area contributed by atoms with Gasteiger partial charge in [-0.25, -0.2) is 15.0 Å². The van der Waals surface area contributed by atoms with Crippen molar-refractivity contribution in [1.82, 2.24) is 10.4 Å². The summed E-state index contributed by atoms with van der Waals surface area (Å²) in [4.78, 5) is 28.4. The Kier molecular flexibility index (Phi) is 4.77. The van der Waals surface area contributed by atoms with Crippen LogP contribution >= 0.6 is 0 Å². The zero-order valence-electron chi connectivity index (χ0n) is 17.0. The Balaban J connectivity index is 1.71. The fourth-order valence-corrected chi connectivity index (χ4v) is 3.83. The first-order valence-corrected chi connectivity index (χ1v) is 9.56. The molecule has 1 aliphatic carbocycles. The quantitative estimate of drug-likeness (QED) is 0.390. The van der Waals surface area contributed by atoms with Gasteiger partial charge in [-0.1, -0.05) is 32.0 Å². The summed E-state index contributed by atoms with van der Waals surface area (Å²) in [5.41, 5.74) is 9.82. The van der Waals surface area contributed by atoms with Crippen LogP contribution in [0.2, 0.25) is 0 Å². The van der Waals surface area contributed by atoms with Crippen molar-refractivity contribution >= 4 is 28.6 Å². The number of hydrogen-bond donors (Lipinski definition) is 2. The third-order valence-corrected chi connectivity index (χ3v) is 5.08. The number of carbonyl (C=O) groups is 2. The first-order chi connectivity index (χ1) is 14.2. The van der Waals surface area contributed by atoms with E-state index >= 15 is 0 Å². The van der Waals surface area contributed by atoms with Crippen LogP contribution in [0.25, 0.3) is 10.9 Å².